The van der Waals surface area contributed by atoms with Gasteiger partial charge in [-0.3, -0.25) is 4.79 Å². The van der Waals surface area contributed by atoms with E-state index < -0.39 is 0 Å². The molecule has 0 bridgehead atoms. The fourth-order valence-electron chi connectivity index (χ4n) is 1.51. The summed E-state index contributed by atoms with van der Waals surface area (Å²) in [5, 5.41) is 4.51. The molecule has 1 heterocycles. The standard InChI is InChI=1S/C12H10Cl2N2OS/c1-6-11(15-7(2)18-6)12(17)16-10-4-3-8(13)5-9(10)14/h3-5H,1-2H3,(H,16,17). The number of nitrogens with one attached hydrogen (secondary N) is 1. The number of benzene rings is 1. The topological polar surface area (TPSA) is 42.0 Å². The monoisotopic (exact) mass is 300 g/mol. The molecule has 1 N–H and O–H groups in total. The van der Waals surface area contributed by atoms with Crippen molar-refractivity contribution in [1.29, 1.82) is 0 Å². The smallest absolute Gasteiger partial charge is 0.275 e. The molecule has 0 saturated heterocycles. The van der Waals surface area contributed by atoms with Crippen LogP contribution in [0.4, 0.5) is 5.69 Å². The van der Waals surface area contributed by atoms with Gasteiger partial charge >= 0.3 is 0 Å². The molecule has 94 valence electrons. The molecule has 0 atom stereocenters. The number of carbonyl (C=O) groups is 1. The van der Waals surface area contributed by atoms with E-state index in [1.54, 1.807) is 18.2 Å². The number of aromatic nitrogens is 1. The molecule has 0 radical (unpaired) electrons. The molecule has 0 spiro atoms. The van der Waals surface area contributed by atoms with Gasteiger partial charge in [0.1, 0.15) is 5.69 Å². The number of carbonyl (C=O) groups excluding carboxylic acids is 1. The van der Waals surface area contributed by atoms with Crippen LogP contribution >= 0.6 is 34.5 Å². The van der Waals surface area contributed by atoms with Crippen LogP contribution in [0.25, 0.3) is 0 Å². The Morgan fingerprint density at radius 1 is 1.33 bits per heavy atom. The van der Waals surface area contributed by atoms with Gasteiger partial charge in [0.25, 0.3) is 5.91 Å². The molecule has 1 aromatic carbocycles. The third-order valence-corrected chi connectivity index (χ3v) is 3.73. The molecule has 1 aromatic heterocycles. The van der Waals surface area contributed by atoms with Crippen LogP contribution in [0.5, 0.6) is 0 Å². The van der Waals surface area contributed by atoms with Gasteiger partial charge in [-0.2, -0.15) is 0 Å². The van der Waals surface area contributed by atoms with E-state index in [-0.39, 0.29) is 5.91 Å². The van der Waals surface area contributed by atoms with E-state index in [4.69, 9.17) is 23.2 Å². The highest BCUT2D eigenvalue weighted by atomic mass is 35.5. The van der Waals surface area contributed by atoms with Gasteiger partial charge in [0.2, 0.25) is 0 Å². The lowest BCUT2D eigenvalue weighted by Gasteiger charge is -2.06. The zero-order chi connectivity index (χ0) is 13.3. The fourth-order valence-corrected chi connectivity index (χ4v) is 2.78. The summed E-state index contributed by atoms with van der Waals surface area (Å²) >= 11 is 13.3. The Kier molecular flexibility index (Phi) is 3.90. The van der Waals surface area contributed by atoms with Crippen molar-refractivity contribution in [2.45, 2.75) is 13.8 Å². The van der Waals surface area contributed by atoms with Crippen molar-refractivity contribution in [1.82, 2.24) is 4.98 Å². The Hall–Kier alpha value is -1.10. The van der Waals surface area contributed by atoms with E-state index in [1.807, 2.05) is 13.8 Å². The normalized spacial score (nSPS) is 10.4. The van der Waals surface area contributed by atoms with Crippen LogP contribution in [0.3, 0.4) is 0 Å². The fraction of sp³-hybridized carbons (Fsp3) is 0.167. The van der Waals surface area contributed by atoms with E-state index in [0.717, 1.165) is 9.88 Å². The number of halogens is 2. The molecule has 1 amide bonds. The molecule has 3 nitrogen and oxygen atoms in total. The summed E-state index contributed by atoms with van der Waals surface area (Å²) in [6, 6.07) is 4.91. The number of nitrogens with zero attached hydrogens (tertiary/aromatic N) is 1. The van der Waals surface area contributed by atoms with Gasteiger partial charge in [-0.15, -0.1) is 11.3 Å². The van der Waals surface area contributed by atoms with Crippen LogP contribution in [0.1, 0.15) is 20.4 Å². The van der Waals surface area contributed by atoms with E-state index in [9.17, 15) is 4.79 Å². The number of hydrogen-bond donors (Lipinski definition) is 1. The summed E-state index contributed by atoms with van der Waals surface area (Å²) in [7, 11) is 0. The Bertz CT molecular complexity index is 610. The highest BCUT2D eigenvalue weighted by Gasteiger charge is 2.15. The van der Waals surface area contributed by atoms with Gasteiger partial charge in [0.15, 0.2) is 0 Å². The second kappa shape index (κ2) is 5.26. The van der Waals surface area contributed by atoms with Crippen LogP contribution < -0.4 is 5.32 Å². The van der Waals surface area contributed by atoms with Crippen molar-refractivity contribution in [2.24, 2.45) is 0 Å². The maximum atomic E-state index is 12.0. The van der Waals surface area contributed by atoms with Crippen molar-refractivity contribution in [3.8, 4) is 0 Å². The predicted octanol–water partition coefficient (Wildman–Crippen LogP) is 4.32. The lowest BCUT2D eigenvalue weighted by molar-refractivity contribution is 0.102. The third-order valence-electron chi connectivity index (χ3n) is 2.30. The zero-order valence-electron chi connectivity index (χ0n) is 9.75. The molecule has 0 saturated carbocycles. The van der Waals surface area contributed by atoms with Gasteiger partial charge in [0, 0.05) is 9.90 Å². The van der Waals surface area contributed by atoms with Crippen LogP contribution in [0.15, 0.2) is 18.2 Å². The second-order valence-electron chi connectivity index (χ2n) is 3.72. The summed E-state index contributed by atoms with van der Waals surface area (Å²) < 4.78 is 0. The van der Waals surface area contributed by atoms with Gasteiger partial charge in [-0.05, 0) is 32.0 Å². The first-order valence-electron chi connectivity index (χ1n) is 5.18. The molecule has 2 aromatic rings. The Morgan fingerprint density at radius 3 is 2.61 bits per heavy atom. The van der Waals surface area contributed by atoms with Gasteiger partial charge in [0.05, 0.1) is 15.7 Å². The van der Waals surface area contributed by atoms with Gasteiger partial charge < -0.3 is 5.32 Å². The molecule has 0 aliphatic carbocycles. The second-order valence-corrected chi connectivity index (χ2v) is 5.97. The average molecular weight is 301 g/mol. The maximum Gasteiger partial charge on any atom is 0.275 e. The molecule has 0 aliphatic rings. The Morgan fingerprint density at radius 2 is 2.06 bits per heavy atom. The summed E-state index contributed by atoms with van der Waals surface area (Å²) in [6.07, 6.45) is 0. The predicted molar refractivity (Wildman–Crippen MR) is 76.0 cm³/mol. The molecule has 2 rings (SSSR count). The number of thiazole rings is 1. The van der Waals surface area contributed by atoms with Crippen molar-refractivity contribution < 1.29 is 4.79 Å². The number of rotatable bonds is 2. The molecule has 0 fully saturated rings. The van der Waals surface area contributed by atoms with Crippen LogP contribution in [0, 0.1) is 13.8 Å². The number of aryl methyl sites for hydroxylation is 2. The Balaban J connectivity index is 2.24. The molecular weight excluding hydrogens is 291 g/mol. The highest BCUT2D eigenvalue weighted by Crippen LogP contribution is 2.26. The summed E-state index contributed by atoms with van der Waals surface area (Å²) in [4.78, 5) is 17.1. The van der Waals surface area contributed by atoms with Crippen LogP contribution in [-0.4, -0.2) is 10.9 Å². The lowest BCUT2D eigenvalue weighted by atomic mass is 10.3. The minimum absolute atomic E-state index is 0.263. The van der Waals surface area contributed by atoms with Crippen molar-refractivity contribution in [3.63, 3.8) is 0 Å². The zero-order valence-corrected chi connectivity index (χ0v) is 12.1. The summed E-state index contributed by atoms with van der Waals surface area (Å²) in [6.45, 7) is 3.73. The first-order valence-corrected chi connectivity index (χ1v) is 6.75. The average Bonchev–Trinajstić information content (AvgIpc) is 2.62. The lowest BCUT2D eigenvalue weighted by Crippen LogP contribution is -2.13. The maximum absolute atomic E-state index is 12.0. The highest BCUT2D eigenvalue weighted by molar-refractivity contribution is 7.11. The van der Waals surface area contributed by atoms with E-state index in [1.165, 1.54) is 11.3 Å². The minimum atomic E-state index is -0.263. The van der Waals surface area contributed by atoms with Gasteiger partial charge in [-0.25, -0.2) is 4.98 Å². The van der Waals surface area contributed by atoms with Crippen molar-refractivity contribution in [2.75, 3.05) is 5.32 Å². The first kappa shape index (κ1) is 13.3. The van der Waals surface area contributed by atoms with E-state index in [2.05, 4.69) is 10.3 Å². The molecule has 0 unspecified atom stereocenters. The summed E-state index contributed by atoms with van der Waals surface area (Å²) in [5.41, 5.74) is 0.958. The Labute approximate surface area is 119 Å². The van der Waals surface area contributed by atoms with Crippen LogP contribution in [-0.2, 0) is 0 Å². The SMILES string of the molecule is Cc1nc(C(=O)Nc2ccc(Cl)cc2Cl)c(C)s1. The number of anilines is 1. The van der Waals surface area contributed by atoms with Crippen molar-refractivity contribution in [3.05, 3.63) is 43.8 Å². The van der Waals surface area contributed by atoms with Gasteiger partial charge in [-0.1, -0.05) is 23.2 Å². The molecule has 6 heteroatoms. The molecule has 0 aliphatic heterocycles. The quantitative estimate of drug-likeness (QED) is 0.897. The van der Waals surface area contributed by atoms with E-state index in [0.29, 0.717) is 21.4 Å². The first-order chi connectivity index (χ1) is 8.47. The number of hydrogen-bond acceptors (Lipinski definition) is 3. The molecule has 18 heavy (non-hydrogen) atoms. The molecular formula is C12H10Cl2N2OS. The summed E-state index contributed by atoms with van der Waals surface area (Å²) in [5.74, 6) is -0.263. The van der Waals surface area contributed by atoms with Crippen molar-refractivity contribution >= 4 is 46.1 Å². The van der Waals surface area contributed by atoms with E-state index >= 15 is 0 Å². The number of amides is 1. The third kappa shape index (κ3) is 2.83. The van der Waals surface area contributed by atoms with Crippen LogP contribution in [0.2, 0.25) is 10.0 Å². The minimum Gasteiger partial charge on any atom is -0.319 e. The largest absolute Gasteiger partial charge is 0.319 e.